The first kappa shape index (κ1) is 21.3. The quantitative estimate of drug-likeness (QED) is 0.594. The third-order valence-corrected chi connectivity index (χ3v) is 5.73. The lowest BCUT2D eigenvalue weighted by Gasteiger charge is -2.41. The van der Waals surface area contributed by atoms with Gasteiger partial charge >= 0.3 is 6.03 Å². The van der Waals surface area contributed by atoms with E-state index in [1.807, 2.05) is 37.3 Å². The molecule has 5 nitrogen and oxygen atoms in total. The van der Waals surface area contributed by atoms with Crippen LogP contribution in [0.2, 0.25) is 0 Å². The molecular weight excluding hydrogens is 362 g/mol. The summed E-state index contributed by atoms with van der Waals surface area (Å²) in [5, 5.41) is 16.1. The molecule has 0 bridgehead atoms. The summed E-state index contributed by atoms with van der Waals surface area (Å²) in [5.41, 5.74) is 2.17. The zero-order valence-electron chi connectivity index (χ0n) is 17.3. The Morgan fingerprint density at radius 2 is 1.83 bits per heavy atom. The van der Waals surface area contributed by atoms with Gasteiger partial charge in [0.1, 0.15) is 0 Å². The highest BCUT2D eigenvalue weighted by Gasteiger charge is 2.31. The number of carbonyl (C=O) groups excluding carboxylic acids is 1. The summed E-state index contributed by atoms with van der Waals surface area (Å²) in [5.74, 6) is 0.614. The Morgan fingerprint density at radius 3 is 2.52 bits per heavy atom. The van der Waals surface area contributed by atoms with Crippen LogP contribution in [-0.4, -0.2) is 47.8 Å². The molecule has 3 rings (SSSR count). The maximum absolute atomic E-state index is 12.0. The molecule has 1 fully saturated rings. The van der Waals surface area contributed by atoms with E-state index in [1.54, 1.807) is 0 Å². The largest absolute Gasteiger partial charge is 0.392 e. The number of rotatable bonds is 8. The normalized spacial score (nSPS) is 20.8. The second-order valence-corrected chi connectivity index (χ2v) is 8.02. The van der Waals surface area contributed by atoms with Crippen LogP contribution in [0.3, 0.4) is 0 Å². The van der Waals surface area contributed by atoms with Crippen molar-refractivity contribution < 1.29 is 9.90 Å². The number of aliphatic hydroxyl groups is 1. The average Bonchev–Trinajstić information content (AvgIpc) is 2.73. The second kappa shape index (κ2) is 11.0. The van der Waals surface area contributed by atoms with E-state index >= 15 is 0 Å². The Labute approximate surface area is 174 Å². The summed E-state index contributed by atoms with van der Waals surface area (Å²) in [6.45, 7) is 4.41. The van der Waals surface area contributed by atoms with E-state index in [0.717, 1.165) is 44.5 Å². The topological polar surface area (TPSA) is 64.6 Å². The second-order valence-electron chi connectivity index (χ2n) is 8.02. The lowest BCUT2D eigenvalue weighted by Crippen LogP contribution is -2.49. The van der Waals surface area contributed by atoms with E-state index in [1.165, 1.54) is 5.56 Å². The number of anilines is 1. The summed E-state index contributed by atoms with van der Waals surface area (Å²) in [4.78, 5) is 14.4. The van der Waals surface area contributed by atoms with Gasteiger partial charge in [-0.05, 0) is 62.8 Å². The molecule has 0 radical (unpaired) electrons. The number of urea groups is 1. The van der Waals surface area contributed by atoms with E-state index in [0.29, 0.717) is 12.5 Å². The summed E-state index contributed by atoms with van der Waals surface area (Å²) in [6, 6.07) is 20.1. The average molecular weight is 396 g/mol. The number of nitrogens with zero attached hydrogens (tertiary/aromatic N) is 1. The Bertz CT molecular complexity index is 736. The molecule has 5 heteroatoms. The highest BCUT2D eigenvalue weighted by Crippen LogP contribution is 2.28. The molecule has 1 heterocycles. The van der Waals surface area contributed by atoms with E-state index in [9.17, 15) is 9.90 Å². The van der Waals surface area contributed by atoms with Gasteiger partial charge in [-0.3, -0.25) is 4.90 Å². The molecule has 0 spiro atoms. The van der Waals surface area contributed by atoms with Gasteiger partial charge in [0.25, 0.3) is 0 Å². The molecule has 156 valence electrons. The van der Waals surface area contributed by atoms with Crippen LogP contribution in [0.15, 0.2) is 60.7 Å². The fourth-order valence-corrected chi connectivity index (χ4v) is 4.22. The number of nitrogens with one attached hydrogen (secondary N) is 2. The summed E-state index contributed by atoms with van der Waals surface area (Å²) < 4.78 is 0. The number of aliphatic hydroxyl groups excluding tert-OH is 1. The van der Waals surface area contributed by atoms with Crippen molar-refractivity contribution in [3.05, 3.63) is 66.2 Å². The van der Waals surface area contributed by atoms with Crippen molar-refractivity contribution in [1.29, 1.82) is 0 Å². The summed E-state index contributed by atoms with van der Waals surface area (Å²) in [7, 11) is 0. The first-order valence-corrected chi connectivity index (χ1v) is 10.7. The van der Waals surface area contributed by atoms with Crippen LogP contribution in [0.4, 0.5) is 10.5 Å². The van der Waals surface area contributed by atoms with Gasteiger partial charge < -0.3 is 15.7 Å². The van der Waals surface area contributed by atoms with Crippen LogP contribution < -0.4 is 10.6 Å². The molecule has 2 aromatic rings. The van der Waals surface area contributed by atoms with Gasteiger partial charge in [0.2, 0.25) is 0 Å². The lowest BCUT2D eigenvalue weighted by molar-refractivity contribution is 0.0177. The van der Waals surface area contributed by atoms with E-state index in [2.05, 4.69) is 45.9 Å². The molecule has 3 N–H and O–H groups in total. The molecule has 2 aromatic carbocycles. The maximum atomic E-state index is 12.0. The minimum atomic E-state index is -0.345. The first-order valence-electron chi connectivity index (χ1n) is 10.7. The zero-order chi connectivity index (χ0) is 20.5. The minimum absolute atomic E-state index is 0.176. The van der Waals surface area contributed by atoms with Crippen molar-refractivity contribution >= 4 is 11.7 Å². The van der Waals surface area contributed by atoms with Gasteiger partial charge in [0.15, 0.2) is 0 Å². The van der Waals surface area contributed by atoms with Crippen molar-refractivity contribution in [2.75, 3.05) is 25.0 Å². The Balaban J connectivity index is 1.40. The van der Waals surface area contributed by atoms with Crippen LogP contribution in [-0.2, 0) is 6.42 Å². The van der Waals surface area contributed by atoms with Crippen LogP contribution in [0.1, 0.15) is 31.7 Å². The van der Waals surface area contributed by atoms with Crippen molar-refractivity contribution in [2.24, 2.45) is 5.92 Å². The number of benzene rings is 2. The summed E-state index contributed by atoms with van der Waals surface area (Å²) in [6.07, 6.45) is 3.78. The zero-order valence-corrected chi connectivity index (χ0v) is 17.3. The Hall–Kier alpha value is -2.37. The fourth-order valence-electron chi connectivity index (χ4n) is 4.22. The van der Waals surface area contributed by atoms with Crippen LogP contribution >= 0.6 is 0 Å². The van der Waals surface area contributed by atoms with Gasteiger partial charge in [-0.25, -0.2) is 4.79 Å². The van der Waals surface area contributed by atoms with E-state index in [-0.39, 0.29) is 18.2 Å². The van der Waals surface area contributed by atoms with Gasteiger partial charge in [-0.1, -0.05) is 48.5 Å². The van der Waals surface area contributed by atoms with Gasteiger partial charge in [0.05, 0.1) is 6.10 Å². The number of piperidine rings is 1. The fraction of sp³-hybridized carbons (Fsp3) is 0.458. The number of para-hydroxylation sites is 1. The molecule has 29 heavy (non-hydrogen) atoms. The van der Waals surface area contributed by atoms with Crippen LogP contribution in [0.5, 0.6) is 0 Å². The Morgan fingerprint density at radius 1 is 1.14 bits per heavy atom. The molecule has 1 aliphatic rings. The highest BCUT2D eigenvalue weighted by atomic mass is 16.3. The minimum Gasteiger partial charge on any atom is -0.392 e. The number of amides is 2. The highest BCUT2D eigenvalue weighted by molar-refractivity contribution is 5.89. The first-order chi connectivity index (χ1) is 14.1. The van der Waals surface area contributed by atoms with Gasteiger partial charge in [-0.15, -0.1) is 0 Å². The predicted molar refractivity (Wildman–Crippen MR) is 118 cm³/mol. The van der Waals surface area contributed by atoms with E-state index in [4.69, 9.17) is 0 Å². The van der Waals surface area contributed by atoms with Crippen molar-refractivity contribution in [1.82, 2.24) is 10.2 Å². The monoisotopic (exact) mass is 395 g/mol. The van der Waals surface area contributed by atoms with Crippen molar-refractivity contribution in [3.63, 3.8) is 0 Å². The maximum Gasteiger partial charge on any atom is 0.319 e. The molecule has 3 atom stereocenters. The summed E-state index contributed by atoms with van der Waals surface area (Å²) >= 11 is 0. The Kier molecular flexibility index (Phi) is 8.08. The van der Waals surface area contributed by atoms with Crippen molar-refractivity contribution in [2.45, 2.75) is 44.8 Å². The third-order valence-electron chi connectivity index (χ3n) is 5.73. The SMILES string of the molecule is CC(O)C1CC(Cc2ccccc2)CCN1CCCNC(=O)Nc1ccccc1. The molecule has 0 aliphatic carbocycles. The smallest absolute Gasteiger partial charge is 0.319 e. The number of likely N-dealkylation sites (tertiary alicyclic amines) is 1. The molecule has 1 aliphatic heterocycles. The third kappa shape index (κ3) is 6.87. The molecule has 2 amide bonds. The van der Waals surface area contributed by atoms with Gasteiger partial charge in [0, 0.05) is 24.8 Å². The predicted octanol–water partition coefficient (Wildman–Crippen LogP) is 3.90. The number of carbonyl (C=O) groups is 1. The van der Waals surface area contributed by atoms with Crippen molar-refractivity contribution in [3.8, 4) is 0 Å². The molecule has 1 saturated heterocycles. The molecule has 0 aromatic heterocycles. The van der Waals surface area contributed by atoms with Gasteiger partial charge in [-0.2, -0.15) is 0 Å². The number of hydrogen-bond acceptors (Lipinski definition) is 3. The van der Waals surface area contributed by atoms with Crippen LogP contribution in [0, 0.1) is 5.92 Å². The van der Waals surface area contributed by atoms with Crippen LogP contribution in [0.25, 0.3) is 0 Å². The standard InChI is InChI=1S/C24H33N3O2/c1-19(28)23-18-21(17-20-9-4-2-5-10-20)13-16-27(23)15-8-14-25-24(29)26-22-11-6-3-7-12-22/h2-7,9-12,19,21,23,28H,8,13-18H2,1H3,(H2,25,26,29). The molecule has 0 saturated carbocycles. The molecule has 3 unspecified atom stereocenters. The van der Waals surface area contributed by atoms with E-state index < -0.39 is 0 Å². The number of hydrogen-bond donors (Lipinski definition) is 3. The molecular formula is C24H33N3O2. The lowest BCUT2D eigenvalue weighted by atomic mass is 9.84.